The standard InChI is InChI=1S/C12H14ClN3S/c1-15-5-4-9(7-15)16-11-3-2-8(13)6-10(11)14-12(16)17/h2-3,6,9H,4-5,7H2,1H3,(H,14,17). The summed E-state index contributed by atoms with van der Waals surface area (Å²) in [7, 11) is 2.15. The molecular weight excluding hydrogens is 254 g/mol. The highest BCUT2D eigenvalue weighted by Gasteiger charge is 2.23. The van der Waals surface area contributed by atoms with Gasteiger partial charge in [0, 0.05) is 11.6 Å². The molecule has 1 aromatic carbocycles. The number of H-pyrrole nitrogens is 1. The zero-order valence-electron chi connectivity index (χ0n) is 9.61. The fourth-order valence-electron chi connectivity index (χ4n) is 2.59. The second-order valence-corrected chi connectivity index (χ2v) is 5.49. The van der Waals surface area contributed by atoms with Crippen LogP contribution in [-0.4, -0.2) is 34.6 Å². The molecule has 2 aromatic rings. The van der Waals surface area contributed by atoms with Crippen LogP contribution in [0, 0.1) is 4.77 Å². The Kier molecular flexibility index (Phi) is 2.73. The van der Waals surface area contributed by atoms with E-state index in [0.717, 1.165) is 40.3 Å². The van der Waals surface area contributed by atoms with Crippen LogP contribution in [0.2, 0.25) is 5.02 Å². The van der Waals surface area contributed by atoms with Crippen LogP contribution in [0.15, 0.2) is 18.2 Å². The second kappa shape index (κ2) is 4.12. The first kappa shape index (κ1) is 11.3. The Bertz CT molecular complexity index is 616. The van der Waals surface area contributed by atoms with E-state index in [1.165, 1.54) is 0 Å². The summed E-state index contributed by atoms with van der Waals surface area (Å²) in [6, 6.07) is 6.37. The molecule has 1 aromatic heterocycles. The lowest BCUT2D eigenvalue weighted by Gasteiger charge is -2.13. The summed E-state index contributed by atoms with van der Waals surface area (Å²) < 4.78 is 3.02. The van der Waals surface area contributed by atoms with E-state index in [0.29, 0.717) is 6.04 Å². The van der Waals surface area contributed by atoms with E-state index in [9.17, 15) is 0 Å². The minimum Gasteiger partial charge on any atom is -0.331 e. The zero-order chi connectivity index (χ0) is 12.0. The van der Waals surface area contributed by atoms with Gasteiger partial charge in [0.05, 0.1) is 17.1 Å². The number of aromatic amines is 1. The Morgan fingerprint density at radius 3 is 3.00 bits per heavy atom. The Hall–Kier alpha value is -0.840. The molecule has 1 saturated heterocycles. The number of halogens is 1. The number of likely N-dealkylation sites (N-methyl/N-ethyl adjacent to an activating group) is 1. The molecule has 0 saturated carbocycles. The maximum Gasteiger partial charge on any atom is 0.178 e. The van der Waals surface area contributed by atoms with Crippen molar-refractivity contribution in [3.05, 3.63) is 28.0 Å². The molecule has 0 amide bonds. The Morgan fingerprint density at radius 2 is 2.29 bits per heavy atom. The predicted octanol–water partition coefficient (Wildman–Crippen LogP) is 3.23. The predicted molar refractivity (Wildman–Crippen MR) is 73.3 cm³/mol. The van der Waals surface area contributed by atoms with Crippen LogP contribution >= 0.6 is 23.8 Å². The second-order valence-electron chi connectivity index (χ2n) is 4.67. The molecule has 0 spiro atoms. The van der Waals surface area contributed by atoms with Gasteiger partial charge in [-0.15, -0.1) is 0 Å². The molecule has 2 heterocycles. The van der Waals surface area contributed by atoms with Gasteiger partial charge >= 0.3 is 0 Å². The largest absolute Gasteiger partial charge is 0.331 e. The Labute approximate surface area is 110 Å². The lowest BCUT2D eigenvalue weighted by atomic mass is 10.2. The van der Waals surface area contributed by atoms with E-state index in [1.54, 1.807) is 0 Å². The molecule has 1 atom stereocenters. The fraction of sp³-hybridized carbons (Fsp3) is 0.417. The fourth-order valence-corrected chi connectivity index (χ4v) is 3.12. The van der Waals surface area contributed by atoms with Gasteiger partial charge in [-0.2, -0.15) is 0 Å². The molecule has 17 heavy (non-hydrogen) atoms. The van der Waals surface area contributed by atoms with Crippen molar-refractivity contribution in [2.75, 3.05) is 20.1 Å². The molecular formula is C12H14ClN3S. The lowest BCUT2D eigenvalue weighted by molar-refractivity contribution is 0.394. The zero-order valence-corrected chi connectivity index (χ0v) is 11.2. The molecule has 1 fully saturated rings. The number of hydrogen-bond acceptors (Lipinski definition) is 2. The van der Waals surface area contributed by atoms with Crippen LogP contribution < -0.4 is 0 Å². The summed E-state index contributed by atoms with van der Waals surface area (Å²) in [4.78, 5) is 5.57. The molecule has 1 N–H and O–H groups in total. The summed E-state index contributed by atoms with van der Waals surface area (Å²) in [6.07, 6.45) is 1.15. The number of likely N-dealkylation sites (tertiary alicyclic amines) is 1. The third kappa shape index (κ3) is 1.90. The van der Waals surface area contributed by atoms with Gasteiger partial charge in [-0.3, -0.25) is 0 Å². The molecule has 90 valence electrons. The Morgan fingerprint density at radius 1 is 1.47 bits per heavy atom. The van der Waals surface area contributed by atoms with E-state index in [-0.39, 0.29) is 0 Å². The van der Waals surface area contributed by atoms with E-state index in [2.05, 4.69) is 21.5 Å². The number of nitrogens with zero attached hydrogens (tertiary/aromatic N) is 2. The number of hydrogen-bond donors (Lipinski definition) is 1. The molecule has 1 aliphatic heterocycles. The first-order chi connectivity index (χ1) is 8.15. The molecule has 0 aliphatic carbocycles. The summed E-state index contributed by atoms with van der Waals surface area (Å²) in [5.74, 6) is 0. The van der Waals surface area contributed by atoms with Crippen LogP contribution in [0.3, 0.4) is 0 Å². The van der Waals surface area contributed by atoms with Crippen molar-refractivity contribution in [2.45, 2.75) is 12.5 Å². The minimum absolute atomic E-state index is 0.474. The van der Waals surface area contributed by atoms with Crippen LogP contribution in [-0.2, 0) is 0 Å². The lowest BCUT2D eigenvalue weighted by Crippen LogP contribution is -2.16. The Balaban J connectivity index is 2.15. The average Bonchev–Trinajstić information content (AvgIpc) is 2.80. The molecule has 1 aliphatic rings. The highest BCUT2D eigenvalue weighted by atomic mass is 35.5. The number of aromatic nitrogens is 2. The van der Waals surface area contributed by atoms with Crippen molar-refractivity contribution >= 4 is 34.9 Å². The van der Waals surface area contributed by atoms with Gasteiger partial charge < -0.3 is 14.5 Å². The SMILES string of the molecule is CN1CCC(n2c(=S)[nH]c3cc(Cl)ccc32)C1. The number of imidazole rings is 1. The molecule has 0 radical (unpaired) electrons. The summed E-state index contributed by atoms with van der Waals surface area (Å²) in [5, 5.41) is 0.740. The van der Waals surface area contributed by atoms with Crippen molar-refractivity contribution < 1.29 is 0 Å². The third-order valence-corrected chi connectivity index (χ3v) is 3.94. The quantitative estimate of drug-likeness (QED) is 0.802. The first-order valence-corrected chi connectivity index (χ1v) is 6.52. The number of nitrogens with one attached hydrogen (secondary N) is 1. The minimum atomic E-state index is 0.474. The molecule has 1 unspecified atom stereocenters. The number of rotatable bonds is 1. The van der Waals surface area contributed by atoms with Crippen LogP contribution in [0.5, 0.6) is 0 Å². The highest BCUT2D eigenvalue weighted by Crippen LogP contribution is 2.27. The van der Waals surface area contributed by atoms with Gasteiger partial charge in [-0.25, -0.2) is 0 Å². The molecule has 0 bridgehead atoms. The normalized spacial score (nSPS) is 21.4. The van der Waals surface area contributed by atoms with Gasteiger partial charge in [-0.1, -0.05) is 11.6 Å². The van der Waals surface area contributed by atoms with Crippen LogP contribution in [0.25, 0.3) is 11.0 Å². The van der Waals surface area contributed by atoms with Gasteiger partial charge in [0.1, 0.15) is 0 Å². The van der Waals surface area contributed by atoms with E-state index in [4.69, 9.17) is 23.8 Å². The molecule has 3 nitrogen and oxygen atoms in total. The van der Waals surface area contributed by atoms with E-state index >= 15 is 0 Å². The molecule has 5 heteroatoms. The topological polar surface area (TPSA) is 24.0 Å². The smallest absolute Gasteiger partial charge is 0.178 e. The van der Waals surface area contributed by atoms with Gasteiger partial charge in [-0.05, 0) is 50.4 Å². The average molecular weight is 268 g/mol. The number of fused-ring (bicyclic) bond motifs is 1. The van der Waals surface area contributed by atoms with Crippen molar-refractivity contribution in [3.8, 4) is 0 Å². The van der Waals surface area contributed by atoms with Crippen molar-refractivity contribution in [1.82, 2.24) is 14.5 Å². The maximum atomic E-state index is 5.99. The number of benzene rings is 1. The maximum absolute atomic E-state index is 5.99. The monoisotopic (exact) mass is 267 g/mol. The van der Waals surface area contributed by atoms with Crippen molar-refractivity contribution in [3.63, 3.8) is 0 Å². The van der Waals surface area contributed by atoms with Crippen molar-refractivity contribution in [1.29, 1.82) is 0 Å². The van der Waals surface area contributed by atoms with E-state index < -0.39 is 0 Å². The van der Waals surface area contributed by atoms with Gasteiger partial charge in [0.2, 0.25) is 0 Å². The van der Waals surface area contributed by atoms with Crippen LogP contribution in [0.1, 0.15) is 12.5 Å². The highest BCUT2D eigenvalue weighted by molar-refractivity contribution is 7.71. The van der Waals surface area contributed by atoms with Gasteiger partial charge in [0.25, 0.3) is 0 Å². The third-order valence-electron chi connectivity index (χ3n) is 3.41. The van der Waals surface area contributed by atoms with E-state index in [1.807, 2.05) is 18.2 Å². The van der Waals surface area contributed by atoms with Crippen LogP contribution in [0.4, 0.5) is 0 Å². The van der Waals surface area contributed by atoms with Crippen molar-refractivity contribution in [2.24, 2.45) is 0 Å². The summed E-state index contributed by atoms with van der Waals surface area (Å²) >= 11 is 11.4. The molecule has 3 rings (SSSR count). The van der Waals surface area contributed by atoms with Gasteiger partial charge in [0.15, 0.2) is 4.77 Å². The first-order valence-electron chi connectivity index (χ1n) is 5.73. The summed E-state index contributed by atoms with van der Waals surface area (Å²) in [5.41, 5.74) is 2.18. The summed E-state index contributed by atoms with van der Waals surface area (Å²) in [6.45, 7) is 2.19.